The average molecular weight is 345 g/mol. The van der Waals surface area contributed by atoms with E-state index in [-0.39, 0.29) is 10.6 Å². The van der Waals surface area contributed by atoms with Crippen molar-refractivity contribution in [3.05, 3.63) is 38.3 Å². The lowest BCUT2D eigenvalue weighted by molar-refractivity contribution is -0.385. The van der Waals surface area contributed by atoms with E-state index >= 15 is 0 Å². The van der Waals surface area contributed by atoms with Crippen molar-refractivity contribution in [3.63, 3.8) is 0 Å². The zero-order valence-corrected chi connectivity index (χ0v) is 13.4. The lowest BCUT2D eigenvalue weighted by atomic mass is 10.1. The van der Waals surface area contributed by atoms with Crippen molar-refractivity contribution < 1.29 is 4.92 Å². The van der Waals surface area contributed by atoms with Gasteiger partial charge in [0.2, 0.25) is 0 Å². The second kappa shape index (κ2) is 6.24. The predicted octanol–water partition coefficient (Wildman–Crippen LogP) is 3.68. The number of hydrogen-bond acceptors (Lipinski definition) is 4. The van der Waals surface area contributed by atoms with Crippen molar-refractivity contribution in [1.82, 2.24) is 4.90 Å². The highest BCUT2D eigenvalue weighted by atomic mass is 79.9. The SMILES string of the molecule is CC1SCCN(Cc2ccc(Br)c([N+](=O)[O-])c2)C1C. The van der Waals surface area contributed by atoms with Crippen LogP contribution in [0, 0.1) is 10.1 Å². The fourth-order valence-corrected chi connectivity index (χ4v) is 3.80. The van der Waals surface area contributed by atoms with Gasteiger partial charge in [0.15, 0.2) is 0 Å². The molecule has 0 saturated carbocycles. The molecule has 0 radical (unpaired) electrons. The molecule has 1 aromatic carbocycles. The number of nitro benzene ring substituents is 1. The van der Waals surface area contributed by atoms with E-state index in [0.717, 1.165) is 24.4 Å². The Morgan fingerprint density at radius 3 is 2.95 bits per heavy atom. The van der Waals surface area contributed by atoms with Gasteiger partial charge in [0.1, 0.15) is 0 Å². The van der Waals surface area contributed by atoms with Gasteiger partial charge in [0.05, 0.1) is 9.40 Å². The van der Waals surface area contributed by atoms with Crippen LogP contribution in [0.25, 0.3) is 0 Å². The van der Waals surface area contributed by atoms with E-state index in [2.05, 4.69) is 34.7 Å². The minimum Gasteiger partial charge on any atom is -0.294 e. The normalized spacial score (nSPS) is 24.4. The Bertz CT molecular complexity index is 484. The molecule has 1 aromatic rings. The maximum absolute atomic E-state index is 10.9. The summed E-state index contributed by atoms with van der Waals surface area (Å²) < 4.78 is 0.539. The summed E-state index contributed by atoms with van der Waals surface area (Å²) in [5.74, 6) is 1.13. The van der Waals surface area contributed by atoms with Gasteiger partial charge in [-0.2, -0.15) is 11.8 Å². The molecule has 0 aromatic heterocycles. The van der Waals surface area contributed by atoms with Crippen LogP contribution in [0.2, 0.25) is 0 Å². The molecule has 1 saturated heterocycles. The third kappa shape index (κ3) is 3.49. The first-order chi connectivity index (χ1) is 8.99. The van der Waals surface area contributed by atoms with Crippen molar-refractivity contribution in [2.75, 3.05) is 12.3 Å². The van der Waals surface area contributed by atoms with Gasteiger partial charge >= 0.3 is 0 Å². The van der Waals surface area contributed by atoms with Crippen molar-refractivity contribution in [1.29, 1.82) is 0 Å². The van der Waals surface area contributed by atoms with E-state index in [9.17, 15) is 10.1 Å². The third-order valence-electron chi connectivity index (χ3n) is 3.61. The Balaban J connectivity index is 2.15. The molecule has 1 heterocycles. The molecule has 1 aliphatic rings. The smallest absolute Gasteiger partial charge is 0.283 e. The number of benzene rings is 1. The molecule has 0 spiro atoms. The van der Waals surface area contributed by atoms with Crippen LogP contribution in [0.1, 0.15) is 19.4 Å². The van der Waals surface area contributed by atoms with Gasteiger partial charge in [0, 0.05) is 36.2 Å². The molecule has 19 heavy (non-hydrogen) atoms. The van der Waals surface area contributed by atoms with Crippen LogP contribution in [-0.4, -0.2) is 33.4 Å². The first-order valence-corrected chi connectivity index (χ1v) is 8.11. The summed E-state index contributed by atoms with van der Waals surface area (Å²) in [5, 5.41) is 11.6. The molecule has 2 rings (SSSR count). The Labute approximate surface area is 125 Å². The number of hydrogen-bond donors (Lipinski definition) is 0. The first kappa shape index (κ1) is 14.8. The van der Waals surface area contributed by atoms with Crippen molar-refractivity contribution in [3.8, 4) is 0 Å². The maximum Gasteiger partial charge on any atom is 0.283 e. The van der Waals surface area contributed by atoms with Crippen LogP contribution in [-0.2, 0) is 6.54 Å². The molecule has 104 valence electrons. The lowest BCUT2D eigenvalue weighted by Gasteiger charge is -2.37. The number of nitrogens with zero attached hydrogens (tertiary/aromatic N) is 2. The fourth-order valence-electron chi connectivity index (χ4n) is 2.25. The molecule has 4 nitrogen and oxygen atoms in total. The largest absolute Gasteiger partial charge is 0.294 e. The summed E-state index contributed by atoms with van der Waals surface area (Å²) in [6.45, 7) is 6.29. The van der Waals surface area contributed by atoms with Gasteiger partial charge in [-0.1, -0.05) is 13.0 Å². The summed E-state index contributed by atoms with van der Waals surface area (Å²) in [6, 6.07) is 5.89. The third-order valence-corrected chi connectivity index (χ3v) is 5.62. The quantitative estimate of drug-likeness (QED) is 0.619. The topological polar surface area (TPSA) is 46.4 Å². The Morgan fingerprint density at radius 2 is 2.26 bits per heavy atom. The van der Waals surface area contributed by atoms with Crippen LogP contribution in [0.15, 0.2) is 22.7 Å². The van der Waals surface area contributed by atoms with Gasteiger partial charge < -0.3 is 0 Å². The molecule has 6 heteroatoms. The summed E-state index contributed by atoms with van der Waals surface area (Å²) in [6.07, 6.45) is 0. The minimum atomic E-state index is -0.342. The highest BCUT2D eigenvalue weighted by Gasteiger charge is 2.25. The fraction of sp³-hybridized carbons (Fsp3) is 0.538. The number of nitro groups is 1. The van der Waals surface area contributed by atoms with E-state index in [1.54, 1.807) is 12.1 Å². The van der Waals surface area contributed by atoms with E-state index in [1.807, 2.05) is 17.8 Å². The molecule has 0 N–H and O–H groups in total. The van der Waals surface area contributed by atoms with Crippen LogP contribution in [0.3, 0.4) is 0 Å². The van der Waals surface area contributed by atoms with Crippen LogP contribution >= 0.6 is 27.7 Å². The second-order valence-electron chi connectivity index (χ2n) is 4.83. The van der Waals surface area contributed by atoms with E-state index in [4.69, 9.17) is 0 Å². The number of halogens is 1. The monoisotopic (exact) mass is 344 g/mol. The van der Waals surface area contributed by atoms with Crippen molar-refractivity contribution >= 4 is 33.4 Å². The minimum absolute atomic E-state index is 0.143. The number of thioether (sulfide) groups is 1. The average Bonchev–Trinajstić information content (AvgIpc) is 2.37. The Morgan fingerprint density at radius 1 is 1.53 bits per heavy atom. The summed E-state index contributed by atoms with van der Waals surface area (Å²) in [7, 11) is 0. The molecule has 0 aliphatic carbocycles. The highest BCUT2D eigenvalue weighted by Crippen LogP contribution is 2.29. The molecular weight excluding hydrogens is 328 g/mol. The van der Waals surface area contributed by atoms with Crippen LogP contribution < -0.4 is 0 Å². The first-order valence-electron chi connectivity index (χ1n) is 6.27. The van der Waals surface area contributed by atoms with Crippen LogP contribution in [0.4, 0.5) is 5.69 Å². The van der Waals surface area contributed by atoms with E-state index in [1.165, 1.54) is 0 Å². The van der Waals surface area contributed by atoms with Gasteiger partial charge in [-0.25, -0.2) is 0 Å². The molecular formula is C13H17BrN2O2S. The van der Waals surface area contributed by atoms with Gasteiger partial charge in [-0.15, -0.1) is 0 Å². The molecule has 1 aliphatic heterocycles. The maximum atomic E-state index is 10.9. The van der Waals surface area contributed by atoms with Gasteiger partial charge in [0.25, 0.3) is 5.69 Å². The molecule has 2 atom stereocenters. The van der Waals surface area contributed by atoms with Gasteiger partial charge in [-0.05, 0) is 34.5 Å². The predicted molar refractivity (Wildman–Crippen MR) is 82.6 cm³/mol. The zero-order chi connectivity index (χ0) is 14.0. The molecule has 1 fully saturated rings. The van der Waals surface area contributed by atoms with E-state index < -0.39 is 0 Å². The van der Waals surface area contributed by atoms with Crippen LogP contribution in [0.5, 0.6) is 0 Å². The molecule has 0 bridgehead atoms. The van der Waals surface area contributed by atoms with Crippen molar-refractivity contribution in [2.45, 2.75) is 31.7 Å². The summed E-state index contributed by atoms with van der Waals surface area (Å²) >= 11 is 5.21. The molecule has 2 unspecified atom stereocenters. The summed E-state index contributed by atoms with van der Waals surface area (Å²) in [4.78, 5) is 13.0. The lowest BCUT2D eigenvalue weighted by Crippen LogP contribution is -2.43. The van der Waals surface area contributed by atoms with E-state index in [0.29, 0.717) is 15.8 Å². The zero-order valence-electron chi connectivity index (χ0n) is 11.0. The highest BCUT2D eigenvalue weighted by molar-refractivity contribution is 9.10. The Kier molecular flexibility index (Phi) is 4.86. The van der Waals surface area contributed by atoms with Gasteiger partial charge in [-0.3, -0.25) is 15.0 Å². The standard InChI is InChI=1S/C13H17BrN2O2S/c1-9-10(2)19-6-5-15(9)8-11-3-4-12(14)13(7-11)16(17)18/h3-4,7,9-10H,5-6,8H2,1-2H3. The Hall–Kier alpha value is -0.590. The van der Waals surface area contributed by atoms with Crippen molar-refractivity contribution in [2.24, 2.45) is 0 Å². The number of rotatable bonds is 3. The second-order valence-corrected chi connectivity index (χ2v) is 7.17. The molecule has 0 amide bonds. The summed E-state index contributed by atoms with van der Waals surface area (Å²) in [5.41, 5.74) is 1.14.